The highest BCUT2D eigenvalue weighted by Gasteiger charge is 2.27. The number of hydrogen-bond acceptors (Lipinski definition) is 4. The van der Waals surface area contributed by atoms with Crippen LogP contribution in [0.25, 0.3) is 0 Å². The third-order valence-corrected chi connectivity index (χ3v) is 2.97. The lowest BCUT2D eigenvalue weighted by Gasteiger charge is -2.30. The molecule has 0 bridgehead atoms. The Hall–Kier alpha value is -1.63. The largest absolute Gasteiger partial charge is 0.444 e. The van der Waals surface area contributed by atoms with Gasteiger partial charge in [0, 0.05) is 18.7 Å². The number of aromatic amines is 2. The zero-order valence-electron chi connectivity index (χ0n) is 11.2. The standard InChI is InChI=1S/C12H17N3O3S/c1-12(2,3)18-11(17)15-5-4-8-7(6-15)9(16)14-10(19)13-8/h4-6H2,1-3H3,(H2,13,14,16,19). The van der Waals surface area contributed by atoms with Gasteiger partial charge in [-0.1, -0.05) is 0 Å². The summed E-state index contributed by atoms with van der Waals surface area (Å²) in [5, 5.41) is 0. The lowest BCUT2D eigenvalue weighted by Crippen LogP contribution is -2.42. The lowest BCUT2D eigenvalue weighted by atomic mass is 10.1. The zero-order chi connectivity index (χ0) is 14.2. The van der Waals surface area contributed by atoms with Crippen molar-refractivity contribution in [2.75, 3.05) is 6.54 Å². The highest BCUT2D eigenvalue weighted by atomic mass is 32.1. The molecule has 1 aromatic heterocycles. The summed E-state index contributed by atoms with van der Waals surface area (Å²) in [5.74, 6) is 0. The smallest absolute Gasteiger partial charge is 0.410 e. The first-order valence-electron chi connectivity index (χ1n) is 6.08. The highest BCUT2D eigenvalue weighted by Crippen LogP contribution is 2.16. The van der Waals surface area contributed by atoms with Gasteiger partial charge in [-0.15, -0.1) is 0 Å². The van der Waals surface area contributed by atoms with Crippen molar-refractivity contribution < 1.29 is 9.53 Å². The topological polar surface area (TPSA) is 78.2 Å². The molecule has 19 heavy (non-hydrogen) atoms. The Morgan fingerprint density at radius 3 is 2.68 bits per heavy atom. The monoisotopic (exact) mass is 283 g/mol. The molecule has 0 saturated heterocycles. The fourth-order valence-electron chi connectivity index (χ4n) is 1.94. The Balaban J connectivity index is 2.21. The van der Waals surface area contributed by atoms with Gasteiger partial charge in [0.05, 0.1) is 12.1 Å². The summed E-state index contributed by atoms with van der Waals surface area (Å²) >= 11 is 4.92. The fraction of sp³-hybridized carbons (Fsp3) is 0.583. The average molecular weight is 283 g/mol. The summed E-state index contributed by atoms with van der Waals surface area (Å²) in [7, 11) is 0. The van der Waals surface area contributed by atoms with Crippen molar-refractivity contribution in [3.8, 4) is 0 Å². The van der Waals surface area contributed by atoms with Crippen molar-refractivity contribution in [3.63, 3.8) is 0 Å². The van der Waals surface area contributed by atoms with Gasteiger partial charge in [-0.2, -0.15) is 0 Å². The van der Waals surface area contributed by atoms with E-state index in [-0.39, 0.29) is 12.1 Å². The Bertz CT molecular complexity index is 612. The first-order valence-corrected chi connectivity index (χ1v) is 6.49. The van der Waals surface area contributed by atoms with Crippen molar-refractivity contribution >= 4 is 18.3 Å². The third-order valence-electron chi connectivity index (χ3n) is 2.76. The molecule has 1 amide bonds. The van der Waals surface area contributed by atoms with Crippen LogP contribution in [0, 0.1) is 4.77 Å². The van der Waals surface area contributed by atoms with Crippen LogP contribution in [0.4, 0.5) is 4.79 Å². The molecule has 6 nitrogen and oxygen atoms in total. The highest BCUT2D eigenvalue weighted by molar-refractivity contribution is 7.71. The number of rotatable bonds is 0. The Morgan fingerprint density at radius 1 is 1.37 bits per heavy atom. The number of hydrogen-bond donors (Lipinski definition) is 2. The van der Waals surface area contributed by atoms with Crippen molar-refractivity contribution in [1.29, 1.82) is 0 Å². The molecular weight excluding hydrogens is 266 g/mol. The Kier molecular flexibility index (Phi) is 3.49. The summed E-state index contributed by atoms with van der Waals surface area (Å²) in [5.41, 5.74) is 0.562. The molecule has 0 fully saturated rings. The maximum Gasteiger partial charge on any atom is 0.410 e. The van der Waals surface area contributed by atoms with Gasteiger partial charge in [-0.05, 0) is 33.0 Å². The number of aromatic nitrogens is 2. The van der Waals surface area contributed by atoms with Crippen LogP contribution in [0.15, 0.2) is 4.79 Å². The third kappa shape index (κ3) is 3.23. The quantitative estimate of drug-likeness (QED) is 0.711. The molecular formula is C12H17N3O3S. The van der Waals surface area contributed by atoms with Gasteiger partial charge in [0.2, 0.25) is 0 Å². The Morgan fingerprint density at radius 2 is 2.05 bits per heavy atom. The molecule has 0 aliphatic carbocycles. The minimum atomic E-state index is -0.541. The van der Waals surface area contributed by atoms with Crippen LogP contribution < -0.4 is 5.56 Å². The molecule has 7 heteroatoms. The molecule has 1 aromatic rings. The van der Waals surface area contributed by atoms with Gasteiger partial charge in [-0.3, -0.25) is 9.78 Å². The van der Waals surface area contributed by atoms with E-state index in [9.17, 15) is 9.59 Å². The van der Waals surface area contributed by atoms with Gasteiger partial charge in [-0.25, -0.2) is 4.79 Å². The predicted molar refractivity (Wildman–Crippen MR) is 72.6 cm³/mol. The van der Waals surface area contributed by atoms with Crippen LogP contribution in [-0.4, -0.2) is 33.1 Å². The second kappa shape index (κ2) is 4.80. The van der Waals surface area contributed by atoms with Crippen LogP contribution in [0.1, 0.15) is 32.0 Å². The summed E-state index contributed by atoms with van der Waals surface area (Å²) < 4.78 is 5.61. The van der Waals surface area contributed by atoms with E-state index in [0.717, 1.165) is 5.69 Å². The van der Waals surface area contributed by atoms with Crippen molar-refractivity contribution in [1.82, 2.24) is 14.9 Å². The molecule has 1 aliphatic heterocycles. The van der Waals surface area contributed by atoms with Crippen molar-refractivity contribution in [2.45, 2.75) is 39.3 Å². The SMILES string of the molecule is CC(C)(C)OC(=O)N1CCc2[nH]c(=S)[nH]c(=O)c2C1. The van der Waals surface area contributed by atoms with Crippen LogP contribution in [0.2, 0.25) is 0 Å². The normalized spacial score (nSPS) is 15.0. The zero-order valence-corrected chi connectivity index (χ0v) is 12.0. The summed E-state index contributed by atoms with van der Waals surface area (Å²) in [4.78, 5) is 30.8. The number of nitrogens with zero attached hydrogens (tertiary/aromatic N) is 1. The first kappa shape index (κ1) is 13.8. The number of amides is 1. The summed E-state index contributed by atoms with van der Waals surface area (Å²) in [6.07, 6.45) is 0.169. The molecule has 0 atom stereocenters. The predicted octanol–water partition coefficient (Wildman–Crippen LogP) is 1.73. The molecule has 2 rings (SSSR count). The molecule has 2 N–H and O–H groups in total. The van der Waals surface area contributed by atoms with E-state index in [1.54, 1.807) is 0 Å². The number of ether oxygens (including phenoxy) is 1. The number of fused-ring (bicyclic) bond motifs is 1. The first-order chi connectivity index (χ1) is 8.76. The van der Waals surface area contributed by atoms with E-state index >= 15 is 0 Å². The molecule has 0 spiro atoms. The molecule has 0 aromatic carbocycles. The van der Waals surface area contributed by atoms with Gasteiger partial charge in [0.15, 0.2) is 4.77 Å². The lowest BCUT2D eigenvalue weighted by molar-refractivity contribution is 0.0221. The number of carbonyl (C=O) groups is 1. The van der Waals surface area contributed by atoms with Crippen LogP contribution in [0.3, 0.4) is 0 Å². The number of H-pyrrole nitrogens is 2. The molecule has 0 radical (unpaired) electrons. The van der Waals surface area contributed by atoms with Crippen LogP contribution in [0.5, 0.6) is 0 Å². The maximum atomic E-state index is 12.0. The van der Waals surface area contributed by atoms with Gasteiger partial charge in [0.25, 0.3) is 5.56 Å². The Labute approximate surface area is 115 Å². The van der Waals surface area contributed by atoms with Crippen molar-refractivity contribution in [2.24, 2.45) is 0 Å². The minimum absolute atomic E-state index is 0.242. The molecule has 1 aliphatic rings. The molecule has 0 unspecified atom stereocenters. The summed E-state index contributed by atoms with van der Waals surface area (Å²) in [6, 6.07) is 0. The molecule has 0 saturated carbocycles. The second-order valence-corrected chi connectivity index (χ2v) is 5.93. The van der Waals surface area contributed by atoms with Gasteiger partial charge >= 0.3 is 6.09 Å². The molecule has 2 heterocycles. The van der Waals surface area contributed by atoms with Gasteiger partial charge < -0.3 is 14.6 Å². The maximum absolute atomic E-state index is 12.0. The van der Waals surface area contributed by atoms with E-state index < -0.39 is 11.7 Å². The summed E-state index contributed by atoms with van der Waals surface area (Å²) in [6.45, 7) is 6.19. The van der Waals surface area contributed by atoms with Gasteiger partial charge in [0.1, 0.15) is 5.60 Å². The molecule has 104 valence electrons. The van der Waals surface area contributed by atoms with Crippen LogP contribution in [-0.2, 0) is 17.7 Å². The fourth-order valence-corrected chi connectivity index (χ4v) is 2.15. The van der Waals surface area contributed by atoms with E-state index in [0.29, 0.717) is 23.3 Å². The van der Waals surface area contributed by atoms with Crippen molar-refractivity contribution in [3.05, 3.63) is 26.4 Å². The van der Waals surface area contributed by atoms with Crippen LogP contribution >= 0.6 is 12.2 Å². The minimum Gasteiger partial charge on any atom is -0.444 e. The average Bonchev–Trinajstić information content (AvgIpc) is 2.25. The van der Waals surface area contributed by atoms with E-state index in [1.165, 1.54) is 4.90 Å². The van der Waals surface area contributed by atoms with E-state index in [1.807, 2.05) is 20.8 Å². The number of nitrogens with one attached hydrogen (secondary N) is 2. The van der Waals surface area contributed by atoms with E-state index in [2.05, 4.69) is 9.97 Å². The second-order valence-electron chi connectivity index (χ2n) is 5.52. The van der Waals surface area contributed by atoms with E-state index in [4.69, 9.17) is 17.0 Å². The number of carbonyl (C=O) groups excluding carboxylic acids is 1.